The third-order valence-corrected chi connectivity index (χ3v) is 4.57. The molecule has 0 atom stereocenters. The largest absolute Gasteiger partial charge is 0.581 e. The molecule has 0 spiro atoms. The minimum Gasteiger partial charge on any atom is -0.373 e. The van der Waals surface area contributed by atoms with Crippen LogP contribution in [-0.2, 0) is 13.3 Å². The molecule has 0 fully saturated rings. The van der Waals surface area contributed by atoms with Crippen LogP contribution in [0.25, 0.3) is 0 Å². The summed E-state index contributed by atoms with van der Waals surface area (Å²) >= 11 is 0. The second-order valence-corrected chi connectivity index (χ2v) is 5.55. The van der Waals surface area contributed by atoms with Crippen LogP contribution in [0.5, 0.6) is 0 Å². The van der Waals surface area contributed by atoms with Gasteiger partial charge in [0.15, 0.2) is 6.67 Å². The van der Waals surface area contributed by atoms with E-state index in [1.165, 1.54) is 0 Å². The highest BCUT2D eigenvalue weighted by atomic mass is 28.4. The van der Waals surface area contributed by atoms with Crippen LogP contribution in [0.1, 0.15) is 0 Å². The van der Waals surface area contributed by atoms with Crippen molar-refractivity contribution >= 4 is 8.80 Å². The Morgan fingerprint density at radius 3 is 1.47 bits per heavy atom. The van der Waals surface area contributed by atoms with Crippen LogP contribution in [-0.4, -0.2) is 48.3 Å². The van der Waals surface area contributed by atoms with E-state index in [-0.39, 0.29) is 0 Å². The van der Waals surface area contributed by atoms with Crippen LogP contribution in [0.15, 0.2) is 0 Å². The zero-order valence-corrected chi connectivity index (χ0v) is 9.32. The third-order valence-electron chi connectivity index (χ3n) is 1.82. The third kappa shape index (κ3) is 2.14. The molecule has 0 aliphatic heterocycles. The Morgan fingerprint density at radius 1 is 0.933 bits per heavy atom. The standard InChI is InChI=1S/C6H11F5O3Si/c1-12-15(13-2,14-3)6(10,11)5(8,9)4-7/h4H2,1-3H3. The minimum atomic E-state index is -4.92. The maximum absolute atomic E-state index is 13.2. The Balaban J connectivity index is 5.29. The van der Waals surface area contributed by atoms with Crippen molar-refractivity contribution in [3.8, 4) is 0 Å². The van der Waals surface area contributed by atoms with Gasteiger partial charge in [0.05, 0.1) is 0 Å². The molecule has 9 heteroatoms. The number of hydrogen-bond acceptors (Lipinski definition) is 3. The predicted octanol–water partition coefficient (Wildman–Crippen LogP) is 1.64. The average molecular weight is 254 g/mol. The molecule has 0 saturated heterocycles. The Hall–Kier alpha value is -0.253. The first kappa shape index (κ1) is 14.7. The lowest BCUT2D eigenvalue weighted by Crippen LogP contribution is -2.67. The summed E-state index contributed by atoms with van der Waals surface area (Å²) in [6.45, 7) is -2.52. The molecule has 0 bridgehead atoms. The molecule has 0 heterocycles. The molecule has 3 nitrogen and oxygen atoms in total. The van der Waals surface area contributed by atoms with Gasteiger partial charge < -0.3 is 13.3 Å². The summed E-state index contributed by atoms with van der Waals surface area (Å²) in [7, 11) is -2.71. The Labute approximate surface area is 84.5 Å². The molecular weight excluding hydrogens is 243 g/mol. The van der Waals surface area contributed by atoms with Gasteiger partial charge in [-0.05, 0) is 0 Å². The topological polar surface area (TPSA) is 27.7 Å². The van der Waals surface area contributed by atoms with Crippen LogP contribution in [0.2, 0.25) is 0 Å². The molecule has 0 aliphatic rings. The lowest BCUT2D eigenvalue weighted by atomic mass is 10.4. The van der Waals surface area contributed by atoms with Crippen LogP contribution >= 0.6 is 0 Å². The second kappa shape index (κ2) is 4.72. The zero-order valence-electron chi connectivity index (χ0n) is 8.32. The fraction of sp³-hybridized carbons (Fsp3) is 1.00. The van der Waals surface area contributed by atoms with Crippen LogP contribution in [0, 0.1) is 0 Å². The van der Waals surface area contributed by atoms with E-state index in [1.54, 1.807) is 0 Å². The van der Waals surface area contributed by atoms with E-state index in [1.807, 2.05) is 0 Å². The molecule has 0 aromatic heterocycles. The average Bonchev–Trinajstić information content (AvgIpc) is 2.20. The molecule has 0 amide bonds. The Bertz CT molecular complexity index is 201. The van der Waals surface area contributed by atoms with Gasteiger partial charge in [-0.1, -0.05) is 0 Å². The van der Waals surface area contributed by atoms with E-state index in [0.29, 0.717) is 0 Å². The predicted molar refractivity (Wildman–Crippen MR) is 42.7 cm³/mol. The quantitative estimate of drug-likeness (QED) is 0.533. The van der Waals surface area contributed by atoms with Gasteiger partial charge in [0.2, 0.25) is 0 Å². The summed E-state index contributed by atoms with van der Waals surface area (Å²) in [4.78, 5) is 0. The van der Waals surface area contributed by atoms with Crippen molar-refractivity contribution in [2.45, 2.75) is 11.5 Å². The van der Waals surface area contributed by atoms with Gasteiger partial charge in [-0.3, -0.25) is 0 Å². The fourth-order valence-corrected chi connectivity index (χ4v) is 2.73. The van der Waals surface area contributed by atoms with Crippen molar-refractivity contribution in [3.63, 3.8) is 0 Å². The first-order chi connectivity index (χ1) is 6.74. The Morgan fingerprint density at radius 2 is 1.27 bits per heavy atom. The fourth-order valence-electron chi connectivity index (χ4n) is 0.942. The summed E-state index contributed by atoms with van der Waals surface area (Å²) < 4.78 is 76.1. The van der Waals surface area contributed by atoms with E-state index in [4.69, 9.17) is 0 Å². The normalized spacial score (nSPS) is 14.4. The van der Waals surface area contributed by atoms with Crippen molar-refractivity contribution in [2.24, 2.45) is 0 Å². The number of hydrogen-bond donors (Lipinski definition) is 0. The van der Waals surface area contributed by atoms with E-state index in [2.05, 4.69) is 13.3 Å². The van der Waals surface area contributed by atoms with Gasteiger partial charge in [-0.2, -0.15) is 17.6 Å². The molecule has 0 saturated carbocycles. The zero-order chi connectivity index (χ0) is 12.3. The molecular formula is C6H11F5O3Si. The number of alkyl halides is 5. The van der Waals surface area contributed by atoms with Gasteiger partial charge in [-0.15, -0.1) is 0 Å². The van der Waals surface area contributed by atoms with Crippen molar-refractivity contribution in [1.29, 1.82) is 0 Å². The molecule has 0 aromatic carbocycles. The highest BCUT2D eigenvalue weighted by Crippen LogP contribution is 2.42. The van der Waals surface area contributed by atoms with Gasteiger partial charge in [-0.25, -0.2) is 4.39 Å². The van der Waals surface area contributed by atoms with E-state index < -0.39 is 26.9 Å². The molecule has 0 unspecified atom stereocenters. The monoisotopic (exact) mass is 254 g/mol. The summed E-state index contributed by atoms with van der Waals surface area (Å²) in [6.07, 6.45) is 0. The van der Waals surface area contributed by atoms with E-state index in [0.717, 1.165) is 21.3 Å². The van der Waals surface area contributed by atoms with Crippen molar-refractivity contribution in [3.05, 3.63) is 0 Å². The maximum atomic E-state index is 13.2. The molecule has 0 N–H and O–H groups in total. The van der Waals surface area contributed by atoms with E-state index >= 15 is 0 Å². The lowest BCUT2D eigenvalue weighted by molar-refractivity contribution is -0.202. The molecule has 15 heavy (non-hydrogen) atoms. The van der Waals surface area contributed by atoms with Crippen LogP contribution in [0.3, 0.4) is 0 Å². The maximum Gasteiger partial charge on any atom is 0.581 e. The second-order valence-electron chi connectivity index (χ2n) is 2.58. The summed E-state index contributed by atoms with van der Waals surface area (Å²) in [5, 5.41) is 0. The van der Waals surface area contributed by atoms with Gasteiger partial charge in [0.1, 0.15) is 0 Å². The number of halogens is 5. The minimum absolute atomic E-state index is 0.738. The van der Waals surface area contributed by atoms with Crippen molar-refractivity contribution < 1.29 is 35.2 Å². The molecule has 0 aromatic rings. The van der Waals surface area contributed by atoms with Crippen LogP contribution in [0.4, 0.5) is 22.0 Å². The summed E-state index contributed by atoms with van der Waals surface area (Å²) in [5.74, 6) is -4.89. The Kier molecular flexibility index (Phi) is 4.64. The van der Waals surface area contributed by atoms with E-state index in [9.17, 15) is 22.0 Å². The SMILES string of the molecule is CO[Si](OC)(OC)C(F)(F)C(F)(F)CF. The highest BCUT2D eigenvalue weighted by Gasteiger charge is 2.76. The first-order valence-corrected chi connectivity index (χ1v) is 5.44. The van der Waals surface area contributed by atoms with Gasteiger partial charge in [0, 0.05) is 21.3 Å². The van der Waals surface area contributed by atoms with Gasteiger partial charge in [0.25, 0.3) is 0 Å². The smallest absolute Gasteiger partial charge is 0.373 e. The molecule has 92 valence electrons. The van der Waals surface area contributed by atoms with Crippen LogP contribution < -0.4 is 0 Å². The van der Waals surface area contributed by atoms with Crippen molar-refractivity contribution in [2.75, 3.05) is 28.0 Å². The number of rotatable bonds is 6. The molecule has 0 rings (SSSR count). The highest BCUT2D eigenvalue weighted by molar-refractivity contribution is 6.63. The first-order valence-electron chi connectivity index (χ1n) is 3.71. The summed E-state index contributed by atoms with van der Waals surface area (Å²) in [5.41, 5.74) is -4.83. The lowest BCUT2D eigenvalue weighted by Gasteiger charge is -2.34. The van der Waals surface area contributed by atoms with Gasteiger partial charge >= 0.3 is 20.3 Å². The molecule has 0 aliphatic carbocycles. The summed E-state index contributed by atoms with van der Waals surface area (Å²) in [6, 6.07) is 0. The van der Waals surface area contributed by atoms with Crippen molar-refractivity contribution in [1.82, 2.24) is 0 Å². The molecule has 0 radical (unpaired) electrons.